The zero-order valence-corrected chi connectivity index (χ0v) is 15.2. The van der Waals surface area contributed by atoms with Crippen molar-refractivity contribution in [2.45, 2.75) is 25.6 Å². The first kappa shape index (κ1) is 17.7. The molecule has 1 aromatic heterocycles. The second-order valence-corrected chi connectivity index (χ2v) is 6.87. The summed E-state index contributed by atoms with van der Waals surface area (Å²) < 4.78 is 34.9. The number of aromatic nitrogens is 1. The number of aryl methyl sites for hydroxylation is 1. The molecule has 0 bridgehead atoms. The highest BCUT2D eigenvalue weighted by atomic mass is 19.2. The van der Waals surface area contributed by atoms with E-state index in [1.54, 1.807) is 13.2 Å². The lowest BCUT2D eigenvalue weighted by atomic mass is 10.0. The van der Waals surface area contributed by atoms with Crippen LogP contribution in [-0.4, -0.2) is 23.1 Å². The molecule has 0 aliphatic carbocycles. The summed E-state index contributed by atoms with van der Waals surface area (Å²) in [5, 5.41) is 0. The maximum Gasteiger partial charge on any atom is 0.159 e. The molecule has 1 atom stereocenters. The van der Waals surface area contributed by atoms with Crippen molar-refractivity contribution >= 4 is 0 Å². The van der Waals surface area contributed by atoms with Crippen LogP contribution in [0.4, 0.5) is 8.78 Å². The van der Waals surface area contributed by atoms with E-state index in [2.05, 4.69) is 21.7 Å². The molecule has 4 rings (SSSR count). The van der Waals surface area contributed by atoms with Crippen LogP contribution in [-0.2, 0) is 13.1 Å². The van der Waals surface area contributed by atoms with Crippen molar-refractivity contribution in [3.05, 3.63) is 89.2 Å². The molecule has 2 aromatic carbocycles. The lowest BCUT2D eigenvalue weighted by Crippen LogP contribution is -2.29. The zero-order valence-electron chi connectivity index (χ0n) is 15.2. The van der Waals surface area contributed by atoms with Gasteiger partial charge in [0.25, 0.3) is 0 Å². The first-order valence-corrected chi connectivity index (χ1v) is 9.12. The monoisotopic (exact) mass is 368 g/mol. The van der Waals surface area contributed by atoms with Crippen LogP contribution in [0, 0.1) is 11.6 Å². The Hall–Kier alpha value is -2.66. The third-order valence-corrected chi connectivity index (χ3v) is 5.16. The fourth-order valence-electron chi connectivity index (χ4n) is 3.84. The van der Waals surface area contributed by atoms with Gasteiger partial charge in [-0.25, -0.2) is 8.78 Å². The average Bonchev–Trinajstić information content (AvgIpc) is 3.06. The molecule has 0 saturated heterocycles. The van der Waals surface area contributed by atoms with E-state index in [0.29, 0.717) is 0 Å². The Morgan fingerprint density at radius 1 is 1.00 bits per heavy atom. The number of rotatable bonds is 4. The van der Waals surface area contributed by atoms with Crippen molar-refractivity contribution in [1.29, 1.82) is 0 Å². The predicted octanol–water partition coefficient (Wildman–Crippen LogP) is 4.77. The van der Waals surface area contributed by atoms with E-state index < -0.39 is 11.6 Å². The van der Waals surface area contributed by atoms with E-state index in [-0.39, 0.29) is 6.04 Å². The van der Waals surface area contributed by atoms with Gasteiger partial charge in [0.2, 0.25) is 0 Å². The quantitative estimate of drug-likeness (QED) is 0.660. The first-order chi connectivity index (χ1) is 13.2. The molecule has 1 aliphatic rings. The summed E-state index contributed by atoms with van der Waals surface area (Å²) in [6, 6.07) is 16.2. The molecule has 0 radical (unpaired) electrons. The normalized spacial score (nSPS) is 17.4. The lowest BCUT2D eigenvalue weighted by Gasteiger charge is -2.30. The number of benzene rings is 2. The SMILES string of the molecule is COc1ccc(CN2CCCn3cccc3[C@H]2c2ccc(F)c(F)c2)cc1. The predicted molar refractivity (Wildman–Crippen MR) is 101 cm³/mol. The Balaban J connectivity index is 1.72. The summed E-state index contributed by atoms with van der Waals surface area (Å²) in [5.74, 6) is -0.802. The summed E-state index contributed by atoms with van der Waals surface area (Å²) in [4.78, 5) is 2.33. The van der Waals surface area contributed by atoms with E-state index in [9.17, 15) is 8.78 Å². The van der Waals surface area contributed by atoms with E-state index in [1.165, 1.54) is 12.1 Å². The summed E-state index contributed by atoms with van der Waals surface area (Å²) in [7, 11) is 1.65. The van der Waals surface area contributed by atoms with Gasteiger partial charge in [-0.15, -0.1) is 0 Å². The zero-order chi connectivity index (χ0) is 18.8. The van der Waals surface area contributed by atoms with Crippen molar-refractivity contribution < 1.29 is 13.5 Å². The van der Waals surface area contributed by atoms with Gasteiger partial charge in [-0.3, -0.25) is 4.90 Å². The van der Waals surface area contributed by atoms with Crippen LogP contribution in [0.25, 0.3) is 0 Å². The Morgan fingerprint density at radius 3 is 2.56 bits per heavy atom. The molecule has 0 N–H and O–H groups in total. The highest BCUT2D eigenvalue weighted by molar-refractivity contribution is 5.32. The molecule has 2 heterocycles. The molecular weight excluding hydrogens is 346 g/mol. The number of fused-ring (bicyclic) bond motifs is 1. The molecule has 140 valence electrons. The average molecular weight is 368 g/mol. The van der Waals surface area contributed by atoms with E-state index in [4.69, 9.17) is 4.74 Å². The van der Waals surface area contributed by atoms with E-state index in [0.717, 1.165) is 48.6 Å². The standard InChI is InChI=1S/C22H22F2N2O/c1-27-18-8-5-16(6-9-18)15-26-13-3-12-25-11-2-4-21(25)22(26)17-7-10-19(23)20(24)14-17/h2,4-11,14,22H,3,12-13,15H2,1H3/t22-/m1/s1. The van der Waals surface area contributed by atoms with Crippen LogP contribution < -0.4 is 4.74 Å². The van der Waals surface area contributed by atoms with E-state index >= 15 is 0 Å². The summed E-state index contributed by atoms with van der Waals surface area (Å²) in [6.07, 6.45) is 3.05. The lowest BCUT2D eigenvalue weighted by molar-refractivity contribution is 0.220. The van der Waals surface area contributed by atoms with Crippen molar-refractivity contribution in [1.82, 2.24) is 9.47 Å². The Morgan fingerprint density at radius 2 is 1.81 bits per heavy atom. The fourth-order valence-corrected chi connectivity index (χ4v) is 3.84. The van der Waals surface area contributed by atoms with Gasteiger partial charge in [0.05, 0.1) is 13.2 Å². The van der Waals surface area contributed by atoms with Crippen LogP contribution >= 0.6 is 0 Å². The van der Waals surface area contributed by atoms with Gasteiger partial charge in [-0.05, 0) is 53.9 Å². The van der Waals surface area contributed by atoms with Crippen molar-refractivity contribution in [3.8, 4) is 5.75 Å². The van der Waals surface area contributed by atoms with Crippen LogP contribution in [0.2, 0.25) is 0 Å². The second-order valence-electron chi connectivity index (χ2n) is 6.87. The Kier molecular flexibility index (Phi) is 4.94. The van der Waals surface area contributed by atoms with Crippen LogP contribution in [0.1, 0.15) is 29.3 Å². The van der Waals surface area contributed by atoms with Gasteiger partial charge in [0, 0.05) is 31.5 Å². The Labute approximate surface area is 157 Å². The van der Waals surface area contributed by atoms with Crippen LogP contribution in [0.15, 0.2) is 60.8 Å². The largest absolute Gasteiger partial charge is 0.497 e. The topological polar surface area (TPSA) is 17.4 Å². The highest BCUT2D eigenvalue weighted by Gasteiger charge is 2.28. The second kappa shape index (κ2) is 7.53. The molecule has 5 heteroatoms. The summed E-state index contributed by atoms with van der Waals surface area (Å²) in [6.45, 7) is 2.51. The first-order valence-electron chi connectivity index (χ1n) is 9.12. The molecule has 0 fully saturated rings. The molecule has 27 heavy (non-hydrogen) atoms. The minimum Gasteiger partial charge on any atom is -0.497 e. The van der Waals surface area contributed by atoms with Crippen LogP contribution in [0.3, 0.4) is 0 Å². The maximum atomic E-state index is 14.0. The molecule has 0 saturated carbocycles. The van der Waals surface area contributed by atoms with Gasteiger partial charge >= 0.3 is 0 Å². The number of halogens is 2. The van der Waals surface area contributed by atoms with Gasteiger partial charge in [0.15, 0.2) is 11.6 Å². The molecule has 0 unspecified atom stereocenters. The third-order valence-electron chi connectivity index (χ3n) is 5.16. The van der Waals surface area contributed by atoms with Crippen molar-refractivity contribution in [2.75, 3.05) is 13.7 Å². The van der Waals surface area contributed by atoms with Crippen molar-refractivity contribution in [3.63, 3.8) is 0 Å². The summed E-state index contributed by atoms with van der Waals surface area (Å²) in [5.41, 5.74) is 3.03. The maximum absolute atomic E-state index is 14.0. The number of hydrogen-bond acceptors (Lipinski definition) is 2. The molecule has 1 aliphatic heterocycles. The molecular formula is C22H22F2N2O. The van der Waals surface area contributed by atoms with Gasteiger partial charge in [0.1, 0.15) is 5.75 Å². The Bertz CT molecular complexity index is 920. The number of hydrogen-bond donors (Lipinski definition) is 0. The summed E-state index contributed by atoms with van der Waals surface area (Å²) >= 11 is 0. The van der Waals surface area contributed by atoms with E-state index in [1.807, 2.05) is 30.3 Å². The molecule has 0 amide bonds. The van der Waals surface area contributed by atoms with Gasteiger partial charge in [-0.2, -0.15) is 0 Å². The minimum atomic E-state index is -0.815. The third kappa shape index (κ3) is 3.60. The van der Waals surface area contributed by atoms with Crippen LogP contribution in [0.5, 0.6) is 5.75 Å². The van der Waals surface area contributed by atoms with Gasteiger partial charge < -0.3 is 9.30 Å². The molecule has 0 spiro atoms. The fraction of sp³-hybridized carbons (Fsp3) is 0.273. The molecule has 3 aromatic rings. The highest BCUT2D eigenvalue weighted by Crippen LogP contribution is 2.33. The number of ether oxygens (including phenoxy) is 1. The number of methoxy groups -OCH3 is 1. The minimum absolute atomic E-state index is 0.125. The van der Waals surface area contributed by atoms with Crippen molar-refractivity contribution in [2.24, 2.45) is 0 Å². The molecule has 3 nitrogen and oxygen atoms in total. The van der Waals surface area contributed by atoms with Gasteiger partial charge in [-0.1, -0.05) is 18.2 Å². The number of nitrogens with zero attached hydrogens (tertiary/aromatic N) is 2. The smallest absolute Gasteiger partial charge is 0.159 e.